The van der Waals surface area contributed by atoms with Gasteiger partial charge in [0.15, 0.2) is 6.54 Å². The summed E-state index contributed by atoms with van der Waals surface area (Å²) in [4.78, 5) is 13.4. The number of aryl methyl sites for hydroxylation is 1. The zero-order valence-corrected chi connectivity index (χ0v) is 16.6. The Hall–Kier alpha value is -2.29. The Morgan fingerprint density at radius 1 is 1.14 bits per heavy atom. The Balaban J connectivity index is 1.53. The minimum Gasteiger partial charge on any atom is -0.325 e. The average Bonchev–Trinajstić information content (AvgIpc) is 2.69. The van der Waals surface area contributed by atoms with Crippen LogP contribution >= 0.6 is 0 Å². The molecule has 1 heterocycles. The summed E-state index contributed by atoms with van der Waals surface area (Å²) in [6, 6.07) is 12.6. The van der Waals surface area contributed by atoms with Gasteiger partial charge in [-0.15, -0.1) is 0 Å². The number of piperazine rings is 1. The highest BCUT2D eigenvalue weighted by Crippen LogP contribution is 2.16. The van der Waals surface area contributed by atoms with Gasteiger partial charge in [-0.1, -0.05) is 19.1 Å². The van der Waals surface area contributed by atoms with Crippen LogP contribution in [-0.4, -0.2) is 51.4 Å². The van der Waals surface area contributed by atoms with E-state index in [1.807, 2.05) is 24.3 Å². The van der Waals surface area contributed by atoms with Crippen molar-refractivity contribution < 1.29 is 22.5 Å². The van der Waals surface area contributed by atoms with Crippen molar-refractivity contribution >= 4 is 21.6 Å². The molecule has 2 N–H and O–H groups in total. The normalized spacial score (nSPS) is 16.1. The highest BCUT2D eigenvalue weighted by atomic mass is 32.2. The van der Waals surface area contributed by atoms with Crippen molar-refractivity contribution in [1.29, 1.82) is 0 Å². The van der Waals surface area contributed by atoms with Crippen molar-refractivity contribution in [2.24, 2.45) is 0 Å². The van der Waals surface area contributed by atoms with E-state index in [0.717, 1.165) is 34.7 Å². The molecule has 0 aliphatic carbocycles. The van der Waals surface area contributed by atoms with Crippen LogP contribution in [0.3, 0.4) is 0 Å². The molecule has 1 aliphatic rings. The Bertz CT molecular complexity index is 924. The van der Waals surface area contributed by atoms with Gasteiger partial charge in [0.2, 0.25) is 10.0 Å². The maximum atomic E-state index is 13.0. The van der Waals surface area contributed by atoms with Crippen molar-refractivity contribution in [1.82, 2.24) is 4.31 Å². The van der Waals surface area contributed by atoms with Gasteiger partial charge in [0.25, 0.3) is 5.91 Å². The van der Waals surface area contributed by atoms with Crippen LogP contribution in [0.25, 0.3) is 0 Å². The molecule has 1 aliphatic heterocycles. The third-order valence-corrected chi connectivity index (χ3v) is 6.82. The molecule has 2 aromatic carbocycles. The summed E-state index contributed by atoms with van der Waals surface area (Å²) >= 11 is 0. The number of hydrogen-bond donors (Lipinski definition) is 2. The number of carbonyl (C=O) groups excluding carboxylic acids is 1. The molecule has 0 spiro atoms. The Morgan fingerprint density at radius 3 is 2.46 bits per heavy atom. The molecule has 2 aromatic rings. The Labute approximate surface area is 165 Å². The van der Waals surface area contributed by atoms with E-state index >= 15 is 0 Å². The molecule has 150 valence electrons. The van der Waals surface area contributed by atoms with E-state index in [9.17, 15) is 17.6 Å². The largest absolute Gasteiger partial charge is 0.325 e. The molecule has 1 amide bonds. The maximum Gasteiger partial charge on any atom is 0.279 e. The number of hydrogen-bond acceptors (Lipinski definition) is 3. The van der Waals surface area contributed by atoms with Gasteiger partial charge in [-0.2, -0.15) is 4.31 Å². The molecule has 8 heteroatoms. The monoisotopic (exact) mass is 406 g/mol. The van der Waals surface area contributed by atoms with Gasteiger partial charge in [0.05, 0.1) is 31.1 Å². The summed E-state index contributed by atoms with van der Waals surface area (Å²) in [5, 5.41) is 2.91. The van der Waals surface area contributed by atoms with Crippen LogP contribution in [0.5, 0.6) is 0 Å². The molecule has 0 saturated carbocycles. The van der Waals surface area contributed by atoms with Crippen molar-refractivity contribution in [2.75, 3.05) is 38.0 Å². The molecule has 0 aromatic heterocycles. The predicted molar refractivity (Wildman–Crippen MR) is 105 cm³/mol. The second kappa shape index (κ2) is 8.81. The molecule has 0 radical (unpaired) electrons. The highest BCUT2D eigenvalue weighted by molar-refractivity contribution is 7.89. The van der Waals surface area contributed by atoms with Crippen molar-refractivity contribution in [2.45, 2.75) is 18.2 Å². The van der Waals surface area contributed by atoms with Gasteiger partial charge in [0, 0.05) is 5.69 Å². The molecule has 1 saturated heterocycles. The summed E-state index contributed by atoms with van der Waals surface area (Å²) in [6.45, 7) is 4.10. The number of nitrogens with zero attached hydrogens (tertiary/aromatic N) is 1. The smallest absolute Gasteiger partial charge is 0.279 e. The standard InChI is InChI=1S/C20H24FN3O3S/c1-2-16-4-3-5-18(14-16)22-20(25)15-23-10-12-24(13-11-23)28(26,27)19-8-6-17(21)7-9-19/h3-9,14H,2,10-13,15H2,1H3,(H,22,25)/p+1. The van der Waals surface area contributed by atoms with Crippen molar-refractivity contribution in [3.63, 3.8) is 0 Å². The van der Waals surface area contributed by atoms with Gasteiger partial charge in [-0.25, -0.2) is 12.8 Å². The van der Waals surface area contributed by atoms with Crippen LogP contribution in [0, 0.1) is 5.82 Å². The van der Waals surface area contributed by atoms with Crippen LogP contribution in [0.4, 0.5) is 10.1 Å². The first-order chi connectivity index (χ1) is 13.4. The quantitative estimate of drug-likeness (QED) is 0.749. The lowest BCUT2D eigenvalue weighted by molar-refractivity contribution is -0.895. The lowest BCUT2D eigenvalue weighted by Crippen LogP contribution is -3.15. The van der Waals surface area contributed by atoms with Crippen LogP contribution in [0.2, 0.25) is 0 Å². The van der Waals surface area contributed by atoms with Gasteiger partial charge < -0.3 is 10.2 Å². The van der Waals surface area contributed by atoms with Crippen LogP contribution in [0.1, 0.15) is 12.5 Å². The lowest BCUT2D eigenvalue weighted by Gasteiger charge is -2.31. The number of halogens is 1. The van der Waals surface area contributed by atoms with E-state index in [1.54, 1.807) is 0 Å². The summed E-state index contributed by atoms with van der Waals surface area (Å²) < 4.78 is 39.7. The number of benzene rings is 2. The summed E-state index contributed by atoms with van der Waals surface area (Å²) in [5.41, 5.74) is 1.94. The third kappa shape index (κ3) is 4.95. The van der Waals surface area contributed by atoms with Gasteiger partial charge >= 0.3 is 0 Å². The summed E-state index contributed by atoms with van der Waals surface area (Å²) in [7, 11) is -3.63. The van der Waals surface area contributed by atoms with Crippen LogP contribution < -0.4 is 10.2 Å². The number of quaternary nitrogens is 1. The molecular weight excluding hydrogens is 381 g/mol. The fraction of sp³-hybridized carbons (Fsp3) is 0.350. The molecule has 1 fully saturated rings. The predicted octanol–water partition coefficient (Wildman–Crippen LogP) is 0.916. The first kappa shape index (κ1) is 20.4. The summed E-state index contributed by atoms with van der Waals surface area (Å²) in [5.74, 6) is -0.554. The van der Waals surface area contributed by atoms with E-state index in [1.165, 1.54) is 16.4 Å². The van der Waals surface area contributed by atoms with E-state index in [2.05, 4.69) is 12.2 Å². The highest BCUT2D eigenvalue weighted by Gasteiger charge is 2.31. The number of amides is 1. The Morgan fingerprint density at radius 2 is 1.82 bits per heavy atom. The molecule has 0 atom stereocenters. The number of nitrogens with one attached hydrogen (secondary N) is 2. The average molecular weight is 407 g/mol. The second-order valence-corrected chi connectivity index (χ2v) is 8.82. The minimum atomic E-state index is -3.63. The summed E-state index contributed by atoms with van der Waals surface area (Å²) in [6.07, 6.45) is 0.902. The zero-order valence-electron chi connectivity index (χ0n) is 15.8. The molecule has 6 nitrogen and oxygen atoms in total. The van der Waals surface area contributed by atoms with Crippen LogP contribution in [-0.2, 0) is 21.2 Å². The Kier molecular flexibility index (Phi) is 6.43. The second-order valence-electron chi connectivity index (χ2n) is 6.89. The fourth-order valence-corrected chi connectivity index (χ4v) is 4.72. The van der Waals surface area contributed by atoms with E-state index in [0.29, 0.717) is 32.7 Å². The molecule has 28 heavy (non-hydrogen) atoms. The van der Waals surface area contributed by atoms with Gasteiger partial charge in [0.1, 0.15) is 5.82 Å². The molecule has 3 rings (SSSR count). The zero-order chi connectivity index (χ0) is 20.1. The maximum absolute atomic E-state index is 13.0. The first-order valence-corrected chi connectivity index (χ1v) is 10.8. The molecule has 0 bridgehead atoms. The van der Waals surface area contributed by atoms with Crippen molar-refractivity contribution in [3.8, 4) is 0 Å². The molecular formula is C20H25FN3O3S+. The topological polar surface area (TPSA) is 70.9 Å². The number of anilines is 1. The number of sulfonamides is 1. The van der Waals surface area contributed by atoms with E-state index < -0.39 is 15.8 Å². The third-order valence-electron chi connectivity index (χ3n) is 4.91. The van der Waals surface area contributed by atoms with Crippen molar-refractivity contribution in [3.05, 3.63) is 59.9 Å². The number of carbonyl (C=O) groups is 1. The van der Waals surface area contributed by atoms with Gasteiger partial charge in [-0.3, -0.25) is 4.79 Å². The fourth-order valence-electron chi connectivity index (χ4n) is 3.28. The first-order valence-electron chi connectivity index (χ1n) is 9.36. The van der Waals surface area contributed by atoms with E-state index in [4.69, 9.17) is 0 Å². The number of rotatable bonds is 6. The molecule has 0 unspecified atom stereocenters. The van der Waals surface area contributed by atoms with Gasteiger partial charge in [-0.05, 0) is 48.4 Å². The minimum absolute atomic E-state index is 0.0851. The SMILES string of the molecule is CCc1cccc(NC(=O)C[NH+]2CCN(S(=O)(=O)c3ccc(F)cc3)CC2)c1. The lowest BCUT2D eigenvalue weighted by atomic mass is 10.1. The van der Waals surface area contributed by atoms with Crippen LogP contribution in [0.15, 0.2) is 53.4 Å². The van der Waals surface area contributed by atoms with E-state index in [-0.39, 0.29) is 10.8 Å².